The first kappa shape index (κ1) is 15.9. The van der Waals surface area contributed by atoms with Gasteiger partial charge in [0.05, 0.1) is 0 Å². The van der Waals surface area contributed by atoms with Crippen LogP contribution in [-0.2, 0) is 0 Å². The summed E-state index contributed by atoms with van der Waals surface area (Å²) in [6.07, 6.45) is 0. The van der Waals surface area contributed by atoms with Gasteiger partial charge in [-0.15, -0.1) is 0 Å². The van der Waals surface area contributed by atoms with Crippen LogP contribution in [0.3, 0.4) is 0 Å². The lowest BCUT2D eigenvalue weighted by molar-refractivity contribution is 0.242. The van der Waals surface area contributed by atoms with Gasteiger partial charge in [-0.05, 0) is 50.8 Å². The van der Waals surface area contributed by atoms with E-state index in [0.717, 1.165) is 18.8 Å². The molecule has 1 aromatic rings. The van der Waals surface area contributed by atoms with E-state index >= 15 is 0 Å². The molecule has 0 aliphatic heterocycles. The summed E-state index contributed by atoms with van der Waals surface area (Å²) >= 11 is 5.31. The van der Waals surface area contributed by atoms with Crippen molar-refractivity contribution in [3.63, 3.8) is 0 Å². The van der Waals surface area contributed by atoms with Crippen LogP contribution in [0.15, 0.2) is 24.3 Å². The maximum absolute atomic E-state index is 5.31. The molecule has 0 atom stereocenters. The van der Waals surface area contributed by atoms with Gasteiger partial charge in [0.15, 0.2) is 5.11 Å². The molecule has 2 N–H and O–H groups in total. The molecule has 19 heavy (non-hydrogen) atoms. The van der Waals surface area contributed by atoms with E-state index in [4.69, 9.17) is 12.2 Å². The van der Waals surface area contributed by atoms with Crippen LogP contribution in [0.5, 0.6) is 0 Å². The fourth-order valence-corrected chi connectivity index (χ4v) is 2.23. The van der Waals surface area contributed by atoms with Crippen molar-refractivity contribution in [3.05, 3.63) is 29.8 Å². The highest BCUT2D eigenvalue weighted by atomic mass is 32.1. The Labute approximate surface area is 122 Å². The van der Waals surface area contributed by atoms with Gasteiger partial charge in [-0.2, -0.15) is 0 Å². The highest BCUT2D eigenvalue weighted by Gasteiger charge is 2.18. The number of anilines is 1. The van der Waals surface area contributed by atoms with Crippen LogP contribution < -0.4 is 10.6 Å². The molecule has 0 spiro atoms. The van der Waals surface area contributed by atoms with E-state index < -0.39 is 0 Å². The van der Waals surface area contributed by atoms with Gasteiger partial charge in [-0.3, -0.25) is 0 Å². The average Bonchev–Trinajstić information content (AvgIpc) is 2.28. The van der Waals surface area contributed by atoms with Crippen molar-refractivity contribution in [2.45, 2.75) is 20.8 Å². The monoisotopic (exact) mass is 279 g/mol. The maximum Gasteiger partial charge on any atom is 0.170 e. The highest BCUT2D eigenvalue weighted by molar-refractivity contribution is 7.80. The molecule has 1 aromatic carbocycles. The molecule has 0 aliphatic rings. The van der Waals surface area contributed by atoms with Crippen molar-refractivity contribution in [2.75, 3.05) is 32.5 Å². The van der Waals surface area contributed by atoms with Gasteiger partial charge >= 0.3 is 0 Å². The molecule has 0 aliphatic carbocycles. The summed E-state index contributed by atoms with van der Waals surface area (Å²) in [5.74, 6) is 0. The number of benzene rings is 1. The molecule has 0 radical (unpaired) electrons. The second kappa shape index (κ2) is 6.87. The summed E-state index contributed by atoms with van der Waals surface area (Å²) in [6.45, 7) is 8.41. The van der Waals surface area contributed by atoms with Gasteiger partial charge in [0.1, 0.15) is 0 Å². The molecule has 4 heteroatoms. The van der Waals surface area contributed by atoms with Gasteiger partial charge in [0.2, 0.25) is 0 Å². The second-order valence-corrected chi connectivity index (χ2v) is 6.48. The van der Waals surface area contributed by atoms with Gasteiger partial charge < -0.3 is 15.5 Å². The largest absolute Gasteiger partial charge is 0.362 e. The van der Waals surface area contributed by atoms with Crippen LogP contribution in [0.25, 0.3) is 0 Å². The predicted octanol–water partition coefficient (Wildman–Crippen LogP) is 2.87. The van der Waals surface area contributed by atoms with Gasteiger partial charge in [-0.1, -0.05) is 31.5 Å². The Morgan fingerprint density at radius 1 is 1.21 bits per heavy atom. The van der Waals surface area contributed by atoms with Crippen molar-refractivity contribution < 1.29 is 0 Å². The zero-order chi connectivity index (χ0) is 14.5. The number of aryl methyl sites for hydroxylation is 1. The van der Waals surface area contributed by atoms with Crippen molar-refractivity contribution >= 4 is 23.0 Å². The summed E-state index contributed by atoms with van der Waals surface area (Å²) in [5, 5.41) is 7.16. The Bertz CT molecular complexity index is 410. The molecule has 0 heterocycles. The van der Waals surface area contributed by atoms with Gasteiger partial charge in [0.25, 0.3) is 0 Å². The first-order chi connectivity index (χ1) is 8.78. The number of thiocarbonyl (C=S) groups is 1. The zero-order valence-electron chi connectivity index (χ0n) is 12.6. The lowest BCUT2D eigenvalue weighted by atomic mass is 9.93. The summed E-state index contributed by atoms with van der Waals surface area (Å²) in [4.78, 5) is 2.19. The number of nitrogens with zero attached hydrogens (tertiary/aromatic N) is 1. The lowest BCUT2D eigenvalue weighted by Crippen LogP contribution is -2.41. The molecule has 0 unspecified atom stereocenters. The Hall–Kier alpha value is -1.13. The van der Waals surface area contributed by atoms with E-state index in [1.165, 1.54) is 5.56 Å². The Kier molecular flexibility index (Phi) is 5.76. The van der Waals surface area contributed by atoms with E-state index in [1.807, 2.05) is 12.1 Å². The standard InChI is InChI=1S/C15H25N3S/c1-12-6-8-13(9-7-12)17-14(19)16-10-15(2,3)11-18(4)5/h6-9H,10-11H2,1-5H3,(H2,16,17,19). The minimum atomic E-state index is 0.183. The van der Waals surface area contributed by atoms with Crippen LogP contribution in [0.1, 0.15) is 19.4 Å². The minimum absolute atomic E-state index is 0.183. The van der Waals surface area contributed by atoms with E-state index in [0.29, 0.717) is 5.11 Å². The molecule has 3 nitrogen and oxygen atoms in total. The number of rotatable bonds is 5. The quantitative estimate of drug-likeness (QED) is 0.811. The normalized spacial score (nSPS) is 11.5. The van der Waals surface area contributed by atoms with Crippen LogP contribution in [0.4, 0.5) is 5.69 Å². The molecule has 106 valence electrons. The van der Waals surface area contributed by atoms with Crippen molar-refractivity contribution in [3.8, 4) is 0 Å². The fourth-order valence-electron chi connectivity index (χ4n) is 2.04. The van der Waals surface area contributed by atoms with Crippen molar-refractivity contribution in [2.24, 2.45) is 5.41 Å². The number of hydrogen-bond donors (Lipinski definition) is 2. The van der Waals surface area contributed by atoms with Crippen molar-refractivity contribution in [1.82, 2.24) is 10.2 Å². The summed E-state index contributed by atoms with van der Waals surface area (Å²) in [5.41, 5.74) is 2.45. The lowest BCUT2D eigenvalue weighted by Gasteiger charge is -2.29. The number of hydrogen-bond acceptors (Lipinski definition) is 2. The van der Waals surface area contributed by atoms with Crippen LogP contribution in [0, 0.1) is 12.3 Å². The Morgan fingerprint density at radius 2 is 1.79 bits per heavy atom. The van der Waals surface area contributed by atoms with E-state index in [9.17, 15) is 0 Å². The molecule has 1 rings (SSSR count). The second-order valence-electron chi connectivity index (χ2n) is 6.08. The molecule has 0 amide bonds. The molecule has 0 aromatic heterocycles. The third-order valence-electron chi connectivity index (χ3n) is 2.78. The predicted molar refractivity (Wildman–Crippen MR) is 87.7 cm³/mol. The first-order valence-corrected chi connectivity index (χ1v) is 6.96. The summed E-state index contributed by atoms with van der Waals surface area (Å²) in [6, 6.07) is 8.21. The number of nitrogens with one attached hydrogen (secondary N) is 2. The fraction of sp³-hybridized carbons (Fsp3) is 0.533. The third kappa shape index (κ3) is 6.55. The van der Waals surface area contributed by atoms with Gasteiger partial charge in [0, 0.05) is 18.8 Å². The van der Waals surface area contributed by atoms with Crippen LogP contribution >= 0.6 is 12.2 Å². The van der Waals surface area contributed by atoms with E-state index in [-0.39, 0.29) is 5.41 Å². The van der Waals surface area contributed by atoms with Crippen LogP contribution in [0.2, 0.25) is 0 Å². The van der Waals surface area contributed by atoms with Crippen LogP contribution in [-0.4, -0.2) is 37.2 Å². The van der Waals surface area contributed by atoms with E-state index in [2.05, 4.69) is 62.5 Å². The Morgan fingerprint density at radius 3 is 2.32 bits per heavy atom. The molecule has 0 saturated heterocycles. The Balaban J connectivity index is 2.41. The molecule has 0 fully saturated rings. The third-order valence-corrected chi connectivity index (χ3v) is 3.03. The zero-order valence-corrected chi connectivity index (χ0v) is 13.4. The molecular weight excluding hydrogens is 254 g/mol. The highest BCUT2D eigenvalue weighted by Crippen LogP contribution is 2.14. The summed E-state index contributed by atoms with van der Waals surface area (Å²) < 4.78 is 0. The maximum atomic E-state index is 5.31. The molecular formula is C15H25N3S. The topological polar surface area (TPSA) is 27.3 Å². The average molecular weight is 279 g/mol. The minimum Gasteiger partial charge on any atom is -0.362 e. The van der Waals surface area contributed by atoms with Crippen molar-refractivity contribution in [1.29, 1.82) is 0 Å². The summed E-state index contributed by atoms with van der Waals surface area (Å²) in [7, 11) is 4.18. The smallest absolute Gasteiger partial charge is 0.170 e. The van der Waals surface area contributed by atoms with E-state index in [1.54, 1.807) is 0 Å². The molecule has 0 saturated carbocycles. The van der Waals surface area contributed by atoms with Gasteiger partial charge in [-0.25, -0.2) is 0 Å². The first-order valence-electron chi connectivity index (χ1n) is 6.55. The molecule has 0 bridgehead atoms. The SMILES string of the molecule is Cc1ccc(NC(=S)NCC(C)(C)CN(C)C)cc1.